The van der Waals surface area contributed by atoms with E-state index in [0.29, 0.717) is 18.0 Å². The highest BCUT2D eigenvalue weighted by molar-refractivity contribution is 6.30. The Morgan fingerprint density at radius 3 is 2.72 bits per heavy atom. The molecule has 0 saturated carbocycles. The molecule has 0 fully saturated rings. The van der Waals surface area contributed by atoms with E-state index in [2.05, 4.69) is 10.1 Å². The number of carbonyl (C=O) groups is 1. The average molecular weight is 366 g/mol. The Balaban J connectivity index is 1.90. The highest BCUT2D eigenvalue weighted by Gasteiger charge is 2.14. The molecule has 2 aromatic rings. The van der Waals surface area contributed by atoms with Crippen LogP contribution in [-0.2, 0) is 11.2 Å². The fraction of sp³-hybridized carbons (Fsp3) is 0.316. The first-order valence-electron chi connectivity index (χ1n) is 7.94. The van der Waals surface area contributed by atoms with Gasteiger partial charge < -0.3 is 15.2 Å². The second-order valence-electron chi connectivity index (χ2n) is 5.89. The lowest BCUT2D eigenvalue weighted by atomic mass is 10.0. The van der Waals surface area contributed by atoms with Gasteiger partial charge in [-0.05, 0) is 48.7 Å². The molecule has 2 aromatic carbocycles. The van der Waals surface area contributed by atoms with Crippen molar-refractivity contribution in [3.63, 3.8) is 0 Å². The van der Waals surface area contributed by atoms with E-state index < -0.39 is 17.9 Å². The molecule has 0 radical (unpaired) electrons. The maximum Gasteiger partial charge on any atom is 0.340 e. The van der Waals surface area contributed by atoms with Crippen LogP contribution in [0.25, 0.3) is 0 Å². The summed E-state index contributed by atoms with van der Waals surface area (Å²) in [5, 5.41) is 14.0. The molecule has 0 amide bonds. The zero-order chi connectivity index (χ0) is 18.4. The van der Waals surface area contributed by atoms with Gasteiger partial charge in [-0.1, -0.05) is 29.8 Å². The van der Waals surface area contributed by atoms with E-state index in [-0.39, 0.29) is 11.6 Å². The molecule has 0 aliphatic heterocycles. The molecule has 0 aromatic heterocycles. The van der Waals surface area contributed by atoms with Gasteiger partial charge >= 0.3 is 5.97 Å². The Kier molecular flexibility index (Phi) is 6.93. The predicted molar refractivity (Wildman–Crippen MR) is 95.3 cm³/mol. The smallest absolute Gasteiger partial charge is 0.340 e. The van der Waals surface area contributed by atoms with Crippen LogP contribution in [0.1, 0.15) is 34.5 Å². The summed E-state index contributed by atoms with van der Waals surface area (Å²) >= 11 is 5.92. The van der Waals surface area contributed by atoms with Gasteiger partial charge in [0.25, 0.3) is 0 Å². The fourth-order valence-electron chi connectivity index (χ4n) is 2.53. The first kappa shape index (κ1) is 19.4. The van der Waals surface area contributed by atoms with Crippen molar-refractivity contribution in [3.8, 4) is 0 Å². The molecule has 0 aliphatic rings. The van der Waals surface area contributed by atoms with Gasteiger partial charge in [-0.2, -0.15) is 0 Å². The van der Waals surface area contributed by atoms with Crippen molar-refractivity contribution in [2.75, 3.05) is 13.7 Å². The minimum Gasteiger partial charge on any atom is -0.465 e. The second-order valence-corrected chi connectivity index (χ2v) is 6.33. The molecule has 2 rings (SSSR count). The minimum atomic E-state index is -0.695. The topological polar surface area (TPSA) is 58.6 Å². The van der Waals surface area contributed by atoms with Crippen molar-refractivity contribution in [2.24, 2.45) is 0 Å². The first-order chi connectivity index (χ1) is 11.9. The van der Waals surface area contributed by atoms with Gasteiger partial charge in [-0.15, -0.1) is 0 Å². The predicted octanol–water partition coefficient (Wildman–Crippen LogP) is 3.52. The molecule has 2 unspecified atom stereocenters. The Labute approximate surface area is 151 Å². The standard InChI is InChI=1S/C19H21ClFNO3/c1-12(22-11-18(23)14-4-3-5-15(20)10-14)8-13-6-7-16(17(21)9-13)19(24)25-2/h3-7,9-10,12,18,22-23H,8,11H2,1-2H3. The van der Waals surface area contributed by atoms with E-state index in [4.69, 9.17) is 11.6 Å². The summed E-state index contributed by atoms with van der Waals surface area (Å²) in [7, 11) is 1.22. The zero-order valence-electron chi connectivity index (χ0n) is 14.1. The molecule has 4 nitrogen and oxygen atoms in total. The molecule has 0 bridgehead atoms. The maximum atomic E-state index is 13.9. The van der Waals surface area contributed by atoms with Crippen LogP contribution in [-0.4, -0.2) is 30.8 Å². The van der Waals surface area contributed by atoms with E-state index >= 15 is 0 Å². The van der Waals surface area contributed by atoms with Crippen LogP contribution in [0.2, 0.25) is 5.02 Å². The summed E-state index contributed by atoms with van der Waals surface area (Å²) in [5.74, 6) is -1.30. The van der Waals surface area contributed by atoms with Crippen LogP contribution in [0.15, 0.2) is 42.5 Å². The van der Waals surface area contributed by atoms with Gasteiger partial charge in [0.2, 0.25) is 0 Å². The molecule has 134 valence electrons. The number of hydrogen-bond donors (Lipinski definition) is 2. The van der Waals surface area contributed by atoms with Crippen LogP contribution in [0.5, 0.6) is 0 Å². The number of methoxy groups -OCH3 is 1. The Morgan fingerprint density at radius 2 is 2.08 bits per heavy atom. The normalized spacial score (nSPS) is 13.3. The van der Waals surface area contributed by atoms with E-state index in [9.17, 15) is 14.3 Å². The quantitative estimate of drug-likeness (QED) is 0.737. The summed E-state index contributed by atoms with van der Waals surface area (Å²) in [6.07, 6.45) is -0.125. The number of nitrogens with one attached hydrogen (secondary N) is 1. The summed E-state index contributed by atoms with van der Waals surface area (Å²) in [4.78, 5) is 11.4. The number of carbonyl (C=O) groups excluding carboxylic acids is 1. The monoisotopic (exact) mass is 365 g/mol. The lowest BCUT2D eigenvalue weighted by molar-refractivity contribution is 0.0595. The number of aliphatic hydroxyl groups is 1. The Hall–Kier alpha value is -1.95. The van der Waals surface area contributed by atoms with Gasteiger partial charge in [-0.3, -0.25) is 0 Å². The number of ether oxygens (including phenoxy) is 1. The third-order valence-corrected chi connectivity index (χ3v) is 4.11. The molecule has 2 atom stereocenters. The summed E-state index contributed by atoms with van der Waals surface area (Å²) in [6, 6.07) is 11.5. The van der Waals surface area contributed by atoms with Crippen molar-refractivity contribution >= 4 is 17.6 Å². The van der Waals surface area contributed by atoms with Crippen LogP contribution in [0.3, 0.4) is 0 Å². The van der Waals surface area contributed by atoms with E-state index in [1.165, 1.54) is 19.2 Å². The molecule has 0 heterocycles. The van der Waals surface area contributed by atoms with Crippen molar-refractivity contribution in [3.05, 3.63) is 70.0 Å². The van der Waals surface area contributed by atoms with Gasteiger partial charge in [0.15, 0.2) is 0 Å². The molecule has 2 N–H and O–H groups in total. The molecule has 25 heavy (non-hydrogen) atoms. The number of halogens is 2. The lowest BCUT2D eigenvalue weighted by Gasteiger charge is -2.18. The molecule has 0 aliphatic carbocycles. The van der Waals surface area contributed by atoms with Crippen LogP contribution in [0, 0.1) is 5.82 Å². The third-order valence-electron chi connectivity index (χ3n) is 3.87. The largest absolute Gasteiger partial charge is 0.465 e. The average Bonchev–Trinajstić information content (AvgIpc) is 2.59. The van der Waals surface area contributed by atoms with Crippen molar-refractivity contribution in [1.82, 2.24) is 5.32 Å². The van der Waals surface area contributed by atoms with Crippen molar-refractivity contribution < 1.29 is 19.0 Å². The highest BCUT2D eigenvalue weighted by Crippen LogP contribution is 2.18. The van der Waals surface area contributed by atoms with E-state index in [1.54, 1.807) is 24.3 Å². The van der Waals surface area contributed by atoms with E-state index in [1.807, 2.05) is 13.0 Å². The molecule has 6 heteroatoms. The van der Waals surface area contributed by atoms with Gasteiger partial charge in [-0.25, -0.2) is 9.18 Å². The van der Waals surface area contributed by atoms with Crippen LogP contribution >= 0.6 is 11.6 Å². The number of aliphatic hydroxyl groups excluding tert-OH is 1. The van der Waals surface area contributed by atoms with Crippen molar-refractivity contribution in [1.29, 1.82) is 0 Å². The molecule has 0 spiro atoms. The maximum absolute atomic E-state index is 13.9. The highest BCUT2D eigenvalue weighted by atomic mass is 35.5. The SMILES string of the molecule is COC(=O)c1ccc(CC(C)NCC(O)c2cccc(Cl)c2)cc1F. The van der Waals surface area contributed by atoms with E-state index in [0.717, 1.165) is 11.1 Å². The molecular formula is C19H21ClFNO3. The summed E-state index contributed by atoms with van der Waals surface area (Å²) in [6.45, 7) is 2.29. The molecule has 0 saturated heterocycles. The Morgan fingerprint density at radius 1 is 1.32 bits per heavy atom. The van der Waals surface area contributed by atoms with Crippen LogP contribution in [0.4, 0.5) is 4.39 Å². The van der Waals surface area contributed by atoms with Gasteiger partial charge in [0.05, 0.1) is 18.8 Å². The number of benzene rings is 2. The minimum absolute atomic E-state index is 0.0113. The second kappa shape index (κ2) is 8.94. The number of esters is 1. The lowest BCUT2D eigenvalue weighted by Crippen LogP contribution is -2.32. The third kappa shape index (κ3) is 5.53. The number of hydrogen-bond acceptors (Lipinski definition) is 4. The number of rotatable bonds is 7. The first-order valence-corrected chi connectivity index (χ1v) is 8.32. The molecular weight excluding hydrogens is 345 g/mol. The van der Waals surface area contributed by atoms with Crippen LogP contribution < -0.4 is 5.32 Å². The van der Waals surface area contributed by atoms with Crippen molar-refractivity contribution in [2.45, 2.75) is 25.5 Å². The summed E-state index contributed by atoms with van der Waals surface area (Å²) in [5.41, 5.74) is 1.41. The summed E-state index contributed by atoms with van der Waals surface area (Å²) < 4.78 is 18.5. The zero-order valence-corrected chi connectivity index (χ0v) is 14.9. The Bertz CT molecular complexity index is 738. The van der Waals surface area contributed by atoms with Gasteiger partial charge in [0.1, 0.15) is 5.82 Å². The van der Waals surface area contributed by atoms with Gasteiger partial charge in [0, 0.05) is 17.6 Å². The fourth-order valence-corrected chi connectivity index (χ4v) is 2.73.